The predicted molar refractivity (Wildman–Crippen MR) is 158 cm³/mol. The number of hydrogen-bond acceptors (Lipinski definition) is 11. The average Bonchev–Trinajstić information content (AvgIpc) is 3.31. The van der Waals surface area contributed by atoms with Crippen LogP contribution in [0, 0.1) is 0 Å². The summed E-state index contributed by atoms with van der Waals surface area (Å²) >= 11 is 8.24. The number of aromatic nitrogens is 6. The summed E-state index contributed by atoms with van der Waals surface area (Å²) in [6.45, 7) is 8.30. The third-order valence-electron chi connectivity index (χ3n) is 6.80. The molecule has 6 rings (SSSR count). The van der Waals surface area contributed by atoms with Crippen molar-refractivity contribution in [2.45, 2.75) is 41.8 Å². The highest BCUT2D eigenvalue weighted by Gasteiger charge is 2.39. The number of anilines is 1. The van der Waals surface area contributed by atoms with Crippen molar-refractivity contribution < 1.29 is 46.1 Å². The lowest BCUT2D eigenvalue weighted by atomic mass is 10.1. The zero-order valence-corrected chi connectivity index (χ0v) is 25.8. The third kappa shape index (κ3) is 9.08. The fourth-order valence-corrected chi connectivity index (χ4v) is 5.61. The first kappa shape index (κ1) is 35.8. The molecule has 47 heavy (non-hydrogen) atoms. The number of aryl methyl sites for hydroxylation is 1. The van der Waals surface area contributed by atoms with Crippen LogP contribution in [0.4, 0.5) is 32.2 Å². The van der Waals surface area contributed by atoms with E-state index in [2.05, 4.69) is 42.0 Å². The number of nitrogens with one attached hydrogen (secondary N) is 2. The molecule has 0 amide bonds. The molecule has 0 radical (unpaired) electrons. The smallest absolute Gasteiger partial charge is 0.475 e. The van der Waals surface area contributed by atoms with Crippen LogP contribution in [-0.4, -0.2) is 115 Å². The van der Waals surface area contributed by atoms with Gasteiger partial charge in [-0.25, -0.2) is 29.5 Å². The molecule has 0 unspecified atom stereocenters. The van der Waals surface area contributed by atoms with Crippen LogP contribution in [0.1, 0.15) is 12.6 Å². The van der Waals surface area contributed by atoms with Gasteiger partial charge >= 0.3 is 24.3 Å². The minimum Gasteiger partial charge on any atom is -0.475 e. The number of pyridine rings is 1. The van der Waals surface area contributed by atoms with Crippen molar-refractivity contribution in [3.8, 4) is 0 Å². The van der Waals surface area contributed by atoms with Gasteiger partial charge in [-0.3, -0.25) is 9.88 Å². The first-order valence-corrected chi connectivity index (χ1v) is 14.9. The Kier molecular flexibility index (Phi) is 11.3. The van der Waals surface area contributed by atoms with Gasteiger partial charge in [0.15, 0.2) is 10.8 Å². The van der Waals surface area contributed by atoms with Crippen LogP contribution < -0.4 is 10.2 Å². The van der Waals surface area contributed by atoms with E-state index in [1.165, 1.54) is 11.8 Å². The highest BCUT2D eigenvalue weighted by Crippen LogP contribution is 2.38. The number of hydrogen-bond donors (Lipinski definition) is 4. The molecule has 6 heterocycles. The number of carboxylic acids is 2. The number of nitrogens with zero attached hydrogens (tertiary/aromatic N) is 7. The van der Waals surface area contributed by atoms with E-state index < -0.39 is 24.3 Å². The predicted octanol–water partition coefficient (Wildman–Crippen LogP) is 4.02. The van der Waals surface area contributed by atoms with E-state index in [9.17, 15) is 26.3 Å². The molecule has 21 heteroatoms. The third-order valence-corrected chi connectivity index (χ3v) is 8.04. The maximum absolute atomic E-state index is 10.6. The Balaban J connectivity index is 0.000000301. The quantitative estimate of drug-likeness (QED) is 0.173. The lowest BCUT2D eigenvalue weighted by Gasteiger charge is -2.47. The number of fused-ring (bicyclic) bond motifs is 2. The van der Waals surface area contributed by atoms with E-state index in [1.807, 2.05) is 6.07 Å². The number of carbonyl (C=O) groups is 2. The van der Waals surface area contributed by atoms with Gasteiger partial charge in [-0.05, 0) is 24.2 Å². The van der Waals surface area contributed by atoms with Gasteiger partial charge in [0, 0.05) is 74.5 Å². The zero-order chi connectivity index (χ0) is 34.5. The number of rotatable bonds is 5. The maximum Gasteiger partial charge on any atom is 0.490 e. The molecule has 0 spiro atoms. The molecule has 4 aromatic heterocycles. The second-order valence-corrected chi connectivity index (χ2v) is 11.4. The summed E-state index contributed by atoms with van der Waals surface area (Å²) in [4.78, 5) is 49.8. The lowest BCUT2D eigenvalue weighted by Crippen LogP contribution is -2.63. The van der Waals surface area contributed by atoms with Crippen molar-refractivity contribution in [1.29, 1.82) is 0 Å². The highest BCUT2D eigenvalue weighted by molar-refractivity contribution is 7.99. The van der Waals surface area contributed by atoms with Crippen LogP contribution in [0.2, 0.25) is 5.02 Å². The standard InChI is InChI=1S/C22H24ClN9S.2C2HF3O2/c1-2-15-18(23)17-20(28-15)29-22(33-14-9-16-19(27-10-14)26-4-3-25-16)30-21(17)32-11-13(12-32)31-7-5-24-6-8-31;2*3-2(4,5)1(6)7/h3-4,9-10,13,24H,2,5-8,11-12H2,1H3,(H,28,29,30);2*(H,6,7). The summed E-state index contributed by atoms with van der Waals surface area (Å²) in [6, 6.07) is 2.52. The molecule has 13 nitrogen and oxygen atoms in total. The summed E-state index contributed by atoms with van der Waals surface area (Å²) in [5.41, 5.74) is 3.15. The molecule has 4 aromatic rings. The second kappa shape index (κ2) is 14.8. The van der Waals surface area contributed by atoms with E-state index in [0.717, 1.165) is 83.7 Å². The van der Waals surface area contributed by atoms with Gasteiger partial charge in [0.2, 0.25) is 0 Å². The van der Waals surface area contributed by atoms with Crippen molar-refractivity contribution in [1.82, 2.24) is 40.1 Å². The molecule has 0 saturated carbocycles. The Labute approximate surface area is 270 Å². The van der Waals surface area contributed by atoms with Gasteiger partial charge in [0.05, 0.1) is 10.4 Å². The Hall–Kier alpha value is -4.01. The Morgan fingerprint density at radius 3 is 2.17 bits per heavy atom. The van der Waals surface area contributed by atoms with Gasteiger partial charge in [-0.1, -0.05) is 18.5 Å². The molecule has 2 saturated heterocycles. The average molecular weight is 710 g/mol. The minimum absolute atomic E-state index is 0.555. The molecule has 2 fully saturated rings. The molecule has 0 aliphatic carbocycles. The Morgan fingerprint density at radius 2 is 1.60 bits per heavy atom. The van der Waals surface area contributed by atoms with E-state index in [0.29, 0.717) is 16.8 Å². The summed E-state index contributed by atoms with van der Waals surface area (Å²) in [5, 5.41) is 20.0. The van der Waals surface area contributed by atoms with Crippen LogP contribution in [0.3, 0.4) is 0 Å². The largest absolute Gasteiger partial charge is 0.490 e. The summed E-state index contributed by atoms with van der Waals surface area (Å²) in [5.74, 6) is -4.61. The number of aliphatic carboxylic acids is 2. The number of aromatic amines is 1. The maximum atomic E-state index is 10.6. The first-order chi connectivity index (χ1) is 22.1. The Bertz CT molecular complexity index is 1710. The van der Waals surface area contributed by atoms with Crippen LogP contribution >= 0.6 is 23.4 Å². The van der Waals surface area contributed by atoms with Crippen molar-refractivity contribution >= 4 is 63.3 Å². The Morgan fingerprint density at radius 1 is 1.00 bits per heavy atom. The molecule has 0 aromatic carbocycles. The number of halogens is 7. The summed E-state index contributed by atoms with van der Waals surface area (Å²) in [7, 11) is 0. The van der Waals surface area contributed by atoms with Gasteiger partial charge < -0.3 is 25.4 Å². The van der Waals surface area contributed by atoms with E-state index in [1.54, 1.807) is 18.6 Å². The number of carboxylic acid groups (broad SMARTS) is 2. The van der Waals surface area contributed by atoms with Gasteiger partial charge in [-0.2, -0.15) is 26.3 Å². The molecule has 2 aliphatic heterocycles. The minimum atomic E-state index is -5.08. The van der Waals surface area contributed by atoms with Crippen LogP contribution in [0.15, 0.2) is 34.7 Å². The molecule has 254 valence electrons. The van der Waals surface area contributed by atoms with E-state index >= 15 is 0 Å². The number of H-pyrrole nitrogens is 1. The SMILES string of the molecule is CCc1[nH]c2nc(Sc3cnc4nccnc4c3)nc(N3CC(N4CCNCC4)C3)c2c1Cl.O=C(O)C(F)(F)F.O=C(O)C(F)(F)F. The fourth-order valence-electron chi connectivity index (χ4n) is 4.50. The van der Waals surface area contributed by atoms with Crippen molar-refractivity contribution in [3.63, 3.8) is 0 Å². The fraction of sp³-hybridized carbons (Fsp3) is 0.423. The molecule has 2 aliphatic rings. The van der Waals surface area contributed by atoms with Gasteiger partial charge in [0.1, 0.15) is 17.0 Å². The van der Waals surface area contributed by atoms with Crippen molar-refractivity contribution in [2.75, 3.05) is 44.2 Å². The molecule has 4 N–H and O–H groups in total. The van der Waals surface area contributed by atoms with Crippen LogP contribution in [-0.2, 0) is 16.0 Å². The number of alkyl halides is 6. The molecular formula is C26H26ClF6N9O4S. The summed E-state index contributed by atoms with van der Waals surface area (Å²) < 4.78 is 63.5. The van der Waals surface area contributed by atoms with Crippen LogP contribution in [0.25, 0.3) is 22.2 Å². The molecular weight excluding hydrogens is 684 g/mol. The highest BCUT2D eigenvalue weighted by atomic mass is 35.5. The van der Waals surface area contributed by atoms with Gasteiger partial charge in [-0.15, -0.1) is 0 Å². The lowest BCUT2D eigenvalue weighted by molar-refractivity contribution is -0.193. The van der Waals surface area contributed by atoms with E-state index in [4.69, 9.17) is 41.4 Å². The topological polar surface area (TPSA) is 173 Å². The van der Waals surface area contributed by atoms with Crippen LogP contribution in [0.5, 0.6) is 0 Å². The molecule has 0 atom stereocenters. The zero-order valence-electron chi connectivity index (χ0n) is 24.2. The van der Waals surface area contributed by atoms with Crippen molar-refractivity contribution in [3.05, 3.63) is 35.4 Å². The second-order valence-electron chi connectivity index (χ2n) is 9.95. The first-order valence-electron chi connectivity index (χ1n) is 13.7. The van der Waals surface area contributed by atoms with Crippen molar-refractivity contribution in [2.24, 2.45) is 0 Å². The van der Waals surface area contributed by atoms with E-state index in [-0.39, 0.29) is 0 Å². The number of piperazine rings is 1. The molecule has 0 bridgehead atoms. The van der Waals surface area contributed by atoms with Gasteiger partial charge in [0.25, 0.3) is 0 Å². The summed E-state index contributed by atoms with van der Waals surface area (Å²) in [6.07, 6.45) is -4.25. The normalized spacial score (nSPS) is 15.8. The monoisotopic (exact) mass is 709 g/mol.